The van der Waals surface area contributed by atoms with E-state index in [0.717, 1.165) is 25.7 Å². The van der Waals surface area contributed by atoms with E-state index >= 15 is 0 Å². The highest BCUT2D eigenvalue weighted by Gasteiger charge is 2.27. The van der Waals surface area contributed by atoms with Gasteiger partial charge >= 0.3 is 6.03 Å². The van der Waals surface area contributed by atoms with E-state index in [4.69, 9.17) is 5.11 Å². The molecule has 1 rings (SSSR count). The smallest absolute Gasteiger partial charge is 0.315 e. The largest absolute Gasteiger partial charge is 0.396 e. The quantitative estimate of drug-likeness (QED) is 0.669. The second-order valence-electron chi connectivity index (χ2n) is 6.62. The molecule has 124 valence electrons. The van der Waals surface area contributed by atoms with Gasteiger partial charge in [0.05, 0.1) is 0 Å². The number of rotatable bonds is 7. The third kappa shape index (κ3) is 6.78. The van der Waals surface area contributed by atoms with Crippen molar-refractivity contribution in [2.24, 2.45) is 5.41 Å². The van der Waals surface area contributed by atoms with E-state index in [1.807, 2.05) is 20.8 Å². The molecule has 1 saturated carbocycles. The van der Waals surface area contributed by atoms with Crippen molar-refractivity contribution in [2.45, 2.75) is 64.2 Å². The summed E-state index contributed by atoms with van der Waals surface area (Å²) in [6.45, 7) is 6.65. The highest BCUT2D eigenvalue weighted by atomic mass is 32.2. The van der Waals surface area contributed by atoms with Crippen LogP contribution in [0.4, 0.5) is 4.79 Å². The van der Waals surface area contributed by atoms with Crippen LogP contribution in [0.5, 0.6) is 0 Å². The Kier molecular flexibility index (Phi) is 7.66. The number of urea groups is 1. The molecule has 0 aromatic carbocycles. The first-order valence-electron chi connectivity index (χ1n) is 7.90. The van der Waals surface area contributed by atoms with Crippen molar-refractivity contribution < 1.29 is 14.1 Å². The molecule has 0 bridgehead atoms. The predicted molar refractivity (Wildman–Crippen MR) is 86.7 cm³/mol. The van der Waals surface area contributed by atoms with E-state index < -0.39 is 10.8 Å². The summed E-state index contributed by atoms with van der Waals surface area (Å²) in [5.41, 5.74) is -0.106. The molecule has 0 aromatic rings. The van der Waals surface area contributed by atoms with Crippen molar-refractivity contribution in [2.75, 3.05) is 18.9 Å². The van der Waals surface area contributed by atoms with Crippen molar-refractivity contribution in [3.8, 4) is 0 Å². The van der Waals surface area contributed by atoms with Gasteiger partial charge in [0.15, 0.2) is 0 Å². The third-order valence-corrected chi connectivity index (χ3v) is 5.87. The van der Waals surface area contributed by atoms with Gasteiger partial charge in [0.1, 0.15) is 0 Å². The summed E-state index contributed by atoms with van der Waals surface area (Å²) in [6.07, 6.45) is 4.47. The maximum Gasteiger partial charge on any atom is 0.315 e. The van der Waals surface area contributed by atoms with Crippen molar-refractivity contribution in [3.63, 3.8) is 0 Å². The van der Waals surface area contributed by atoms with Crippen LogP contribution in [0.1, 0.15) is 52.9 Å². The fourth-order valence-corrected chi connectivity index (χ4v) is 4.05. The Labute approximate surface area is 130 Å². The molecule has 0 spiro atoms. The van der Waals surface area contributed by atoms with Crippen LogP contribution in [-0.4, -0.2) is 45.5 Å². The minimum absolute atomic E-state index is 0.106. The number of carbonyl (C=O) groups is 1. The number of hydrogen-bond donors (Lipinski definition) is 3. The molecule has 0 heterocycles. The highest BCUT2D eigenvalue weighted by molar-refractivity contribution is 7.85. The van der Waals surface area contributed by atoms with Crippen molar-refractivity contribution in [1.82, 2.24) is 10.6 Å². The minimum Gasteiger partial charge on any atom is -0.396 e. The molecule has 1 fully saturated rings. The van der Waals surface area contributed by atoms with Gasteiger partial charge in [0.2, 0.25) is 0 Å². The zero-order valence-electron chi connectivity index (χ0n) is 13.5. The van der Waals surface area contributed by atoms with Crippen LogP contribution < -0.4 is 10.6 Å². The monoisotopic (exact) mass is 318 g/mol. The first-order valence-corrected chi connectivity index (χ1v) is 9.28. The Morgan fingerprint density at radius 3 is 2.71 bits per heavy atom. The molecule has 6 heteroatoms. The van der Waals surface area contributed by atoms with Gasteiger partial charge < -0.3 is 15.7 Å². The number of nitrogens with one attached hydrogen (secondary N) is 2. The van der Waals surface area contributed by atoms with Gasteiger partial charge in [0, 0.05) is 41.0 Å². The molecule has 3 N–H and O–H groups in total. The van der Waals surface area contributed by atoms with Gasteiger partial charge in [0.25, 0.3) is 0 Å². The summed E-state index contributed by atoms with van der Waals surface area (Å²) in [6, 6.07) is -0.0332. The Morgan fingerprint density at radius 2 is 2.10 bits per heavy atom. The lowest BCUT2D eigenvalue weighted by molar-refractivity contribution is 0.199. The molecule has 0 radical (unpaired) electrons. The topological polar surface area (TPSA) is 78.4 Å². The summed E-state index contributed by atoms with van der Waals surface area (Å²) in [5, 5.41) is 15.1. The fourth-order valence-electron chi connectivity index (χ4n) is 2.70. The molecule has 0 aromatic heterocycles. The third-order valence-electron chi connectivity index (χ3n) is 4.13. The summed E-state index contributed by atoms with van der Waals surface area (Å²) in [5.74, 6) is 0.693. The molecule has 3 atom stereocenters. The van der Waals surface area contributed by atoms with Crippen LogP contribution in [0.2, 0.25) is 0 Å². The molecule has 1 aliphatic carbocycles. The molecule has 5 nitrogen and oxygen atoms in total. The fraction of sp³-hybridized carbons (Fsp3) is 0.933. The van der Waals surface area contributed by atoms with Crippen LogP contribution in [0.3, 0.4) is 0 Å². The zero-order chi connectivity index (χ0) is 15.9. The molecular formula is C15H30N2O3S. The first-order chi connectivity index (χ1) is 9.88. The minimum atomic E-state index is -0.769. The van der Waals surface area contributed by atoms with Gasteiger partial charge in [-0.15, -0.1) is 0 Å². The standard InChI is InChI=1S/C15H30N2O3S/c1-4-21(20)13-7-5-6-12(10-13)17-14(19)16-11-15(2,3)8-9-18/h12-13,18H,4-11H2,1-3H3,(H2,16,17,19). The Hall–Kier alpha value is -0.620. The van der Waals surface area contributed by atoms with Crippen molar-refractivity contribution >= 4 is 16.8 Å². The van der Waals surface area contributed by atoms with Crippen LogP contribution >= 0.6 is 0 Å². The van der Waals surface area contributed by atoms with Crippen LogP contribution in [0, 0.1) is 5.41 Å². The predicted octanol–water partition coefficient (Wildman–Crippen LogP) is 1.77. The lowest BCUT2D eigenvalue weighted by atomic mass is 9.90. The van der Waals surface area contributed by atoms with Crippen LogP contribution in [-0.2, 0) is 10.8 Å². The van der Waals surface area contributed by atoms with Gasteiger partial charge in [-0.25, -0.2) is 4.79 Å². The molecular weight excluding hydrogens is 288 g/mol. The Bertz CT molecular complexity index is 361. The van der Waals surface area contributed by atoms with E-state index in [9.17, 15) is 9.00 Å². The van der Waals surface area contributed by atoms with E-state index in [-0.39, 0.29) is 29.3 Å². The number of hydrogen-bond acceptors (Lipinski definition) is 3. The second-order valence-corrected chi connectivity index (χ2v) is 8.63. The van der Waals surface area contributed by atoms with Gasteiger partial charge in [-0.1, -0.05) is 27.2 Å². The molecule has 0 aliphatic heterocycles. The summed E-state index contributed by atoms with van der Waals surface area (Å²) in [4.78, 5) is 11.9. The lowest BCUT2D eigenvalue weighted by Crippen LogP contribution is -2.47. The van der Waals surface area contributed by atoms with Gasteiger partial charge in [-0.2, -0.15) is 0 Å². The van der Waals surface area contributed by atoms with Gasteiger partial charge in [-0.05, 0) is 31.1 Å². The van der Waals surface area contributed by atoms with Crippen molar-refractivity contribution in [3.05, 3.63) is 0 Å². The number of aliphatic hydroxyl groups is 1. The highest BCUT2D eigenvalue weighted by Crippen LogP contribution is 2.23. The van der Waals surface area contributed by atoms with E-state index in [1.165, 1.54) is 0 Å². The van der Waals surface area contributed by atoms with Gasteiger partial charge in [-0.3, -0.25) is 4.21 Å². The number of carbonyl (C=O) groups excluding carboxylic acids is 1. The summed E-state index contributed by atoms with van der Waals surface area (Å²) >= 11 is 0. The molecule has 2 amide bonds. The van der Waals surface area contributed by atoms with Crippen LogP contribution in [0.15, 0.2) is 0 Å². The number of aliphatic hydroxyl groups excluding tert-OH is 1. The van der Waals surface area contributed by atoms with E-state index in [2.05, 4.69) is 10.6 Å². The van der Waals surface area contributed by atoms with E-state index in [1.54, 1.807) is 0 Å². The molecule has 21 heavy (non-hydrogen) atoms. The first kappa shape index (κ1) is 18.4. The maximum atomic E-state index is 11.9. The van der Waals surface area contributed by atoms with Crippen molar-refractivity contribution in [1.29, 1.82) is 0 Å². The molecule has 0 saturated heterocycles. The maximum absolute atomic E-state index is 11.9. The van der Waals surface area contributed by atoms with E-state index in [0.29, 0.717) is 18.7 Å². The zero-order valence-corrected chi connectivity index (χ0v) is 14.3. The van der Waals surface area contributed by atoms with Crippen LogP contribution in [0.25, 0.3) is 0 Å². The number of amides is 2. The molecule has 3 unspecified atom stereocenters. The SMILES string of the molecule is CCS(=O)C1CCCC(NC(=O)NCC(C)(C)CCO)C1. The Balaban J connectivity index is 2.35. The average molecular weight is 318 g/mol. The normalized spacial score (nSPS) is 24.4. The second kappa shape index (κ2) is 8.73. The summed E-state index contributed by atoms with van der Waals surface area (Å²) in [7, 11) is -0.769. The molecule has 1 aliphatic rings. The summed E-state index contributed by atoms with van der Waals surface area (Å²) < 4.78 is 11.9. The lowest BCUT2D eigenvalue weighted by Gasteiger charge is -2.30. The average Bonchev–Trinajstić information content (AvgIpc) is 2.45. The Morgan fingerprint density at radius 1 is 1.38 bits per heavy atom.